The fraction of sp³-hybridized carbons (Fsp3) is 0.125. The maximum absolute atomic E-state index is 13.9. The maximum Gasteiger partial charge on any atom is 0.232 e. The van der Waals surface area contributed by atoms with Gasteiger partial charge in [0, 0.05) is 0 Å². The number of hydrogen-bond donors (Lipinski definition) is 0. The molecule has 104 valence electrons. The number of hydrogen-bond acceptors (Lipinski definition) is 2. The topological polar surface area (TPSA) is 34.1 Å². The highest BCUT2D eigenvalue weighted by molar-refractivity contribution is 7.95. The average molecular weight is 290 g/mol. The molecule has 0 unspecified atom stereocenters. The molecule has 0 radical (unpaired) electrons. The molecular formula is C16H15FO2S. The van der Waals surface area contributed by atoms with Crippen LogP contribution >= 0.6 is 0 Å². The Morgan fingerprint density at radius 1 is 1.05 bits per heavy atom. The number of allylic oxidation sites excluding steroid dienone is 1. The fourth-order valence-corrected chi connectivity index (χ4v) is 2.77. The molecule has 0 N–H and O–H groups in total. The molecule has 0 saturated heterocycles. The number of rotatable bonds is 4. The summed E-state index contributed by atoms with van der Waals surface area (Å²) < 4.78 is 38.0. The van der Waals surface area contributed by atoms with Crippen LogP contribution in [0.15, 0.2) is 70.7 Å². The van der Waals surface area contributed by atoms with E-state index < -0.39 is 15.0 Å². The molecule has 2 aromatic carbocycles. The molecule has 2 aromatic rings. The molecule has 0 fully saturated rings. The monoisotopic (exact) mass is 290 g/mol. The lowest BCUT2D eigenvalue weighted by Gasteiger charge is -2.03. The summed E-state index contributed by atoms with van der Waals surface area (Å²) in [5.74, 6) is 0. The molecule has 0 aliphatic rings. The Labute approximate surface area is 118 Å². The molecule has 0 aliphatic carbocycles. The van der Waals surface area contributed by atoms with Gasteiger partial charge in [-0.25, -0.2) is 8.42 Å². The number of benzene rings is 2. The third-order valence-corrected chi connectivity index (χ3v) is 4.50. The van der Waals surface area contributed by atoms with Gasteiger partial charge in [-0.1, -0.05) is 48.0 Å². The van der Waals surface area contributed by atoms with Crippen molar-refractivity contribution in [3.8, 4) is 0 Å². The van der Waals surface area contributed by atoms with Crippen LogP contribution in [-0.2, 0) is 16.3 Å². The second-order valence-corrected chi connectivity index (χ2v) is 6.38. The Balaban J connectivity index is 2.23. The number of aryl methyl sites for hydroxylation is 1. The molecule has 2 nitrogen and oxygen atoms in total. The quantitative estimate of drug-likeness (QED) is 0.857. The second-order valence-electron chi connectivity index (χ2n) is 4.51. The van der Waals surface area contributed by atoms with Crippen LogP contribution in [-0.4, -0.2) is 8.42 Å². The zero-order valence-electron chi connectivity index (χ0n) is 11.1. The average Bonchev–Trinajstić information content (AvgIpc) is 2.46. The Morgan fingerprint density at radius 3 is 2.25 bits per heavy atom. The molecule has 2 rings (SSSR count). The minimum absolute atomic E-state index is 0.0232. The van der Waals surface area contributed by atoms with Gasteiger partial charge in [-0.05, 0) is 37.1 Å². The first-order valence-electron chi connectivity index (χ1n) is 6.21. The van der Waals surface area contributed by atoms with Crippen molar-refractivity contribution in [2.24, 2.45) is 0 Å². The summed E-state index contributed by atoms with van der Waals surface area (Å²) in [5.41, 5.74) is 1.79. The Kier molecular flexibility index (Phi) is 4.35. The van der Waals surface area contributed by atoms with Crippen LogP contribution in [0.3, 0.4) is 0 Å². The Morgan fingerprint density at radius 2 is 1.65 bits per heavy atom. The van der Waals surface area contributed by atoms with Crippen LogP contribution in [0.2, 0.25) is 0 Å². The second kappa shape index (κ2) is 6.01. The van der Waals surface area contributed by atoms with Gasteiger partial charge in [0.1, 0.15) is 0 Å². The maximum atomic E-state index is 13.9. The lowest BCUT2D eigenvalue weighted by atomic mass is 10.2. The third-order valence-electron chi connectivity index (χ3n) is 2.93. The number of halogens is 1. The smallest absolute Gasteiger partial charge is 0.216 e. The summed E-state index contributed by atoms with van der Waals surface area (Å²) >= 11 is 0. The predicted molar refractivity (Wildman–Crippen MR) is 77.7 cm³/mol. The van der Waals surface area contributed by atoms with Gasteiger partial charge >= 0.3 is 0 Å². The lowest BCUT2D eigenvalue weighted by molar-refractivity contribution is 0.576. The molecule has 4 heteroatoms. The van der Waals surface area contributed by atoms with E-state index in [-0.39, 0.29) is 11.3 Å². The van der Waals surface area contributed by atoms with Gasteiger partial charge in [-0.15, -0.1) is 0 Å². The van der Waals surface area contributed by atoms with Crippen LogP contribution in [0.4, 0.5) is 4.39 Å². The SMILES string of the molecule is Cc1ccc(S(=O)(=O)/C(F)=C/Cc2ccccc2)cc1. The predicted octanol–water partition coefficient (Wildman–Crippen LogP) is 3.82. The molecule has 0 saturated carbocycles. The highest BCUT2D eigenvalue weighted by Gasteiger charge is 2.20. The Bertz CT molecular complexity index is 702. The minimum atomic E-state index is -4.03. The summed E-state index contributed by atoms with van der Waals surface area (Å²) in [6.45, 7) is 1.85. The van der Waals surface area contributed by atoms with Gasteiger partial charge in [0.05, 0.1) is 4.90 Å². The van der Waals surface area contributed by atoms with Gasteiger partial charge < -0.3 is 0 Å². The third kappa shape index (κ3) is 3.33. The van der Waals surface area contributed by atoms with Crippen LogP contribution in [0.1, 0.15) is 11.1 Å². The first-order chi connectivity index (χ1) is 9.50. The van der Waals surface area contributed by atoms with E-state index in [1.54, 1.807) is 12.1 Å². The molecular weight excluding hydrogens is 275 g/mol. The van der Waals surface area contributed by atoms with Crippen molar-refractivity contribution in [2.45, 2.75) is 18.2 Å². The first-order valence-corrected chi connectivity index (χ1v) is 7.70. The van der Waals surface area contributed by atoms with Crippen LogP contribution in [0, 0.1) is 6.92 Å². The van der Waals surface area contributed by atoms with Gasteiger partial charge in [-0.2, -0.15) is 4.39 Å². The molecule has 0 spiro atoms. The van der Waals surface area contributed by atoms with Crippen LogP contribution in [0.5, 0.6) is 0 Å². The Hall–Kier alpha value is -1.94. The summed E-state index contributed by atoms with van der Waals surface area (Å²) in [6.07, 6.45) is 1.35. The van der Waals surface area contributed by atoms with Crippen molar-refractivity contribution >= 4 is 9.84 Å². The van der Waals surface area contributed by atoms with Crippen molar-refractivity contribution in [2.75, 3.05) is 0 Å². The normalized spacial score (nSPS) is 12.4. The number of sulfone groups is 1. The van der Waals surface area contributed by atoms with Crippen LogP contribution < -0.4 is 0 Å². The summed E-state index contributed by atoms with van der Waals surface area (Å²) in [5, 5.41) is -1.11. The molecule has 0 bridgehead atoms. The molecule has 0 amide bonds. The van der Waals surface area contributed by atoms with E-state index in [4.69, 9.17) is 0 Å². The summed E-state index contributed by atoms with van der Waals surface area (Å²) in [7, 11) is -4.03. The van der Waals surface area contributed by atoms with E-state index >= 15 is 0 Å². The van der Waals surface area contributed by atoms with E-state index in [1.165, 1.54) is 12.1 Å². The zero-order chi connectivity index (χ0) is 14.6. The summed E-state index contributed by atoms with van der Waals surface area (Å²) in [4.78, 5) is -0.0232. The van der Waals surface area contributed by atoms with Gasteiger partial charge in [0.15, 0.2) is 0 Å². The minimum Gasteiger partial charge on any atom is -0.216 e. The van der Waals surface area contributed by atoms with Gasteiger partial charge in [0.25, 0.3) is 0 Å². The van der Waals surface area contributed by atoms with Crippen molar-refractivity contribution in [3.63, 3.8) is 0 Å². The molecule has 0 aromatic heterocycles. The van der Waals surface area contributed by atoms with E-state index in [0.29, 0.717) is 0 Å². The van der Waals surface area contributed by atoms with E-state index in [1.807, 2.05) is 37.3 Å². The highest BCUT2D eigenvalue weighted by Crippen LogP contribution is 2.21. The molecule has 0 atom stereocenters. The van der Waals surface area contributed by atoms with Crippen molar-refractivity contribution in [1.82, 2.24) is 0 Å². The standard InChI is InChI=1S/C16H15FO2S/c1-13-7-10-15(11-8-13)20(18,19)16(17)12-9-14-5-3-2-4-6-14/h2-8,10-12H,9H2,1H3/b16-12+. The zero-order valence-corrected chi connectivity index (χ0v) is 11.9. The van der Waals surface area contributed by atoms with Crippen molar-refractivity contribution in [1.29, 1.82) is 0 Å². The van der Waals surface area contributed by atoms with Gasteiger partial charge in [-0.3, -0.25) is 0 Å². The van der Waals surface area contributed by atoms with Crippen molar-refractivity contribution in [3.05, 3.63) is 77.0 Å². The molecule has 0 heterocycles. The van der Waals surface area contributed by atoms with E-state index in [0.717, 1.165) is 17.2 Å². The largest absolute Gasteiger partial charge is 0.232 e. The molecule has 20 heavy (non-hydrogen) atoms. The van der Waals surface area contributed by atoms with Crippen LogP contribution in [0.25, 0.3) is 0 Å². The first kappa shape index (κ1) is 14.5. The lowest BCUT2D eigenvalue weighted by Crippen LogP contribution is -2.02. The molecule has 0 aliphatic heterocycles. The van der Waals surface area contributed by atoms with Gasteiger partial charge in [0.2, 0.25) is 15.0 Å². The van der Waals surface area contributed by atoms with Crippen molar-refractivity contribution < 1.29 is 12.8 Å². The van der Waals surface area contributed by atoms with E-state index in [9.17, 15) is 12.8 Å². The summed E-state index contributed by atoms with van der Waals surface area (Å²) in [6, 6.07) is 15.3. The highest BCUT2D eigenvalue weighted by atomic mass is 32.2. The fourth-order valence-electron chi connectivity index (χ4n) is 1.75. The van der Waals surface area contributed by atoms with E-state index in [2.05, 4.69) is 0 Å².